The van der Waals surface area contributed by atoms with Crippen molar-refractivity contribution >= 4 is 33.3 Å². The first-order valence-corrected chi connectivity index (χ1v) is 5.73. The lowest BCUT2D eigenvalue weighted by Gasteiger charge is -2.05. The van der Waals surface area contributed by atoms with E-state index in [0.29, 0.717) is 17.3 Å². The smallest absolute Gasteiger partial charge is 0.265 e. The molecule has 0 spiro atoms. The molecule has 0 aliphatic rings. The Morgan fingerprint density at radius 3 is 2.60 bits per heavy atom. The highest BCUT2D eigenvalue weighted by atomic mass is 79.9. The van der Waals surface area contributed by atoms with E-state index in [-0.39, 0.29) is 16.4 Å². The summed E-state index contributed by atoms with van der Waals surface area (Å²) in [5, 5.41) is 0.477. The molecule has 0 aromatic heterocycles. The molecule has 0 fully saturated rings. The van der Waals surface area contributed by atoms with E-state index in [1.807, 2.05) is 0 Å². The van der Waals surface area contributed by atoms with Crippen molar-refractivity contribution < 1.29 is 13.6 Å². The molecule has 1 aromatic rings. The first-order chi connectivity index (χ1) is 7.06. The van der Waals surface area contributed by atoms with Gasteiger partial charge in [0.2, 0.25) is 0 Å². The molecule has 0 radical (unpaired) electrons. The van der Waals surface area contributed by atoms with Gasteiger partial charge >= 0.3 is 0 Å². The molecular weight excluding hydrogens is 289 g/mol. The Morgan fingerprint density at radius 2 is 2.13 bits per heavy atom. The van der Waals surface area contributed by atoms with Crippen molar-refractivity contribution in [3.05, 3.63) is 34.3 Å². The number of benzene rings is 1. The number of carbonyl (C=O) groups excluding carboxylic acids is 1. The van der Waals surface area contributed by atoms with Gasteiger partial charge in [0.15, 0.2) is 5.78 Å². The zero-order chi connectivity index (χ0) is 11.4. The fraction of sp³-hybridized carbons (Fsp3) is 0.300. The van der Waals surface area contributed by atoms with Crippen LogP contribution in [0, 0.1) is 0 Å². The maximum absolute atomic E-state index is 12.3. The van der Waals surface area contributed by atoms with Crippen LogP contribution < -0.4 is 0 Å². The fourth-order valence-electron chi connectivity index (χ4n) is 1.11. The molecule has 15 heavy (non-hydrogen) atoms. The Morgan fingerprint density at radius 1 is 1.47 bits per heavy atom. The van der Waals surface area contributed by atoms with E-state index < -0.39 is 6.43 Å². The van der Waals surface area contributed by atoms with Crippen molar-refractivity contribution in [2.45, 2.75) is 12.8 Å². The summed E-state index contributed by atoms with van der Waals surface area (Å²) in [5.74, 6) is -0.116. The summed E-state index contributed by atoms with van der Waals surface area (Å²) >= 11 is 8.75. The van der Waals surface area contributed by atoms with Crippen LogP contribution in [0.1, 0.15) is 28.8 Å². The van der Waals surface area contributed by atoms with Gasteiger partial charge in [0.05, 0.1) is 5.02 Å². The quantitative estimate of drug-likeness (QED) is 0.600. The zero-order valence-corrected chi connectivity index (χ0v) is 9.99. The second kappa shape index (κ2) is 5.56. The van der Waals surface area contributed by atoms with Gasteiger partial charge in [0.25, 0.3) is 6.43 Å². The summed E-state index contributed by atoms with van der Waals surface area (Å²) in [4.78, 5) is 11.4. The number of halogens is 4. The van der Waals surface area contributed by atoms with Crippen LogP contribution in [-0.4, -0.2) is 11.1 Å². The van der Waals surface area contributed by atoms with Crippen LogP contribution in [0.2, 0.25) is 5.02 Å². The molecule has 0 N–H and O–H groups in total. The normalized spacial score (nSPS) is 10.7. The van der Waals surface area contributed by atoms with E-state index in [4.69, 9.17) is 11.6 Å². The van der Waals surface area contributed by atoms with Crippen LogP contribution in [0.25, 0.3) is 0 Å². The van der Waals surface area contributed by atoms with Crippen LogP contribution in [0.5, 0.6) is 0 Å². The number of rotatable bonds is 4. The van der Waals surface area contributed by atoms with Gasteiger partial charge in [-0.25, -0.2) is 8.78 Å². The van der Waals surface area contributed by atoms with Gasteiger partial charge in [0, 0.05) is 22.9 Å². The minimum Gasteiger partial charge on any atom is -0.294 e. The Kier molecular flexibility index (Phi) is 4.67. The maximum atomic E-state index is 12.3. The molecule has 82 valence electrons. The average Bonchev–Trinajstić information content (AvgIpc) is 2.17. The summed E-state index contributed by atoms with van der Waals surface area (Å²) in [6, 6.07) is 3.85. The van der Waals surface area contributed by atoms with Gasteiger partial charge in [-0.2, -0.15) is 0 Å². The van der Waals surface area contributed by atoms with Crippen molar-refractivity contribution in [2.24, 2.45) is 0 Å². The average molecular weight is 298 g/mol. The summed E-state index contributed by atoms with van der Waals surface area (Å²) in [6.07, 6.45) is -2.29. The molecule has 0 amide bonds. The van der Waals surface area contributed by atoms with Crippen molar-refractivity contribution in [1.29, 1.82) is 0 Å². The van der Waals surface area contributed by atoms with E-state index >= 15 is 0 Å². The van der Waals surface area contributed by atoms with E-state index in [1.54, 1.807) is 0 Å². The monoisotopic (exact) mass is 296 g/mol. The van der Waals surface area contributed by atoms with Gasteiger partial charge < -0.3 is 0 Å². The fourth-order valence-corrected chi connectivity index (χ4v) is 1.73. The molecule has 0 atom stereocenters. The van der Waals surface area contributed by atoms with Crippen molar-refractivity contribution in [3.8, 4) is 0 Å². The molecule has 0 aliphatic heterocycles. The van der Waals surface area contributed by atoms with Crippen LogP contribution in [0.4, 0.5) is 8.78 Å². The number of hydrogen-bond donors (Lipinski definition) is 0. The van der Waals surface area contributed by atoms with E-state index in [2.05, 4.69) is 15.9 Å². The molecule has 0 aliphatic carbocycles. The topological polar surface area (TPSA) is 17.1 Å². The highest BCUT2D eigenvalue weighted by Crippen LogP contribution is 2.27. The lowest BCUT2D eigenvalue weighted by atomic mass is 10.1. The number of carbonyl (C=O) groups is 1. The predicted octanol–water partition coefficient (Wildman–Crippen LogP) is 4.25. The summed E-state index contributed by atoms with van der Waals surface area (Å²) in [6.45, 7) is 0. The van der Waals surface area contributed by atoms with E-state index in [9.17, 15) is 13.6 Å². The first-order valence-electron chi connectivity index (χ1n) is 4.23. The van der Waals surface area contributed by atoms with Gasteiger partial charge in [-0.1, -0.05) is 39.7 Å². The minimum absolute atomic E-state index is 0.0644. The SMILES string of the molecule is O=C(CCBr)c1ccc(C(F)F)c(Cl)c1. The molecular formula is C10H8BrClF2O. The molecule has 1 aromatic carbocycles. The number of ketones is 1. The Balaban J connectivity index is 2.96. The maximum Gasteiger partial charge on any atom is 0.265 e. The second-order valence-electron chi connectivity index (χ2n) is 2.90. The predicted molar refractivity (Wildman–Crippen MR) is 59.2 cm³/mol. The third-order valence-electron chi connectivity index (χ3n) is 1.88. The third-order valence-corrected chi connectivity index (χ3v) is 2.60. The highest BCUT2D eigenvalue weighted by molar-refractivity contribution is 9.09. The minimum atomic E-state index is -2.61. The first kappa shape index (κ1) is 12.6. The van der Waals surface area contributed by atoms with Crippen molar-refractivity contribution in [1.82, 2.24) is 0 Å². The molecule has 1 nitrogen and oxygen atoms in total. The Labute approximate surface area is 99.6 Å². The second-order valence-corrected chi connectivity index (χ2v) is 4.10. The van der Waals surface area contributed by atoms with Gasteiger partial charge in [-0.05, 0) is 6.07 Å². The van der Waals surface area contributed by atoms with E-state index in [1.165, 1.54) is 18.2 Å². The van der Waals surface area contributed by atoms with Crippen LogP contribution >= 0.6 is 27.5 Å². The molecule has 0 unspecified atom stereocenters. The number of Topliss-reactive ketones (excluding diaryl/α,β-unsaturated/α-hetero) is 1. The molecule has 0 saturated carbocycles. The highest BCUT2D eigenvalue weighted by Gasteiger charge is 2.14. The third kappa shape index (κ3) is 3.24. The van der Waals surface area contributed by atoms with Gasteiger partial charge in [0.1, 0.15) is 0 Å². The van der Waals surface area contributed by atoms with Crippen LogP contribution in [0.3, 0.4) is 0 Å². The lowest BCUT2D eigenvalue weighted by molar-refractivity contribution is 0.0989. The summed E-state index contributed by atoms with van der Waals surface area (Å²) in [5.41, 5.74) is 0.121. The van der Waals surface area contributed by atoms with E-state index in [0.717, 1.165) is 0 Å². The standard InChI is InChI=1S/C10H8BrClF2O/c11-4-3-9(15)6-1-2-7(10(13)14)8(12)5-6/h1-2,5,10H,3-4H2. The number of alkyl halides is 3. The molecule has 0 heterocycles. The largest absolute Gasteiger partial charge is 0.294 e. The van der Waals surface area contributed by atoms with Crippen LogP contribution in [0.15, 0.2) is 18.2 Å². The van der Waals surface area contributed by atoms with Crippen LogP contribution in [-0.2, 0) is 0 Å². The van der Waals surface area contributed by atoms with Gasteiger partial charge in [-0.3, -0.25) is 4.79 Å². The molecule has 0 bridgehead atoms. The molecule has 1 rings (SSSR count). The zero-order valence-electron chi connectivity index (χ0n) is 7.64. The number of hydrogen-bond acceptors (Lipinski definition) is 1. The molecule has 5 heteroatoms. The lowest BCUT2D eigenvalue weighted by Crippen LogP contribution is -2.00. The molecule has 0 saturated heterocycles. The Hall–Kier alpha value is -0.480. The summed E-state index contributed by atoms with van der Waals surface area (Å²) in [7, 11) is 0. The Bertz CT molecular complexity index is 368. The summed E-state index contributed by atoms with van der Waals surface area (Å²) < 4.78 is 24.7. The van der Waals surface area contributed by atoms with Crippen molar-refractivity contribution in [2.75, 3.05) is 5.33 Å². The van der Waals surface area contributed by atoms with Gasteiger partial charge in [-0.15, -0.1) is 0 Å². The van der Waals surface area contributed by atoms with Crippen molar-refractivity contribution in [3.63, 3.8) is 0 Å².